The number of halogens is 6. The van der Waals surface area contributed by atoms with Crippen LogP contribution >= 0.6 is 11.6 Å². The minimum absolute atomic E-state index is 0.0131. The third-order valence-electron chi connectivity index (χ3n) is 2.38. The summed E-state index contributed by atoms with van der Waals surface area (Å²) in [5, 5.41) is 0. The molecule has 1 rings (SSSR count). The Labute approximate surface area is 127 Å². The molecule has 1 heterocycles. The zero-order valence-electron chi connectivity index (χ0n) is 11.2. The number of alkyl halides is 6. The normalized spacial score (nSPS) is 11.6. The van der Waals surface area contributed by atoms with E-state index >= 15 is 0 Å². The van der Waals surface area contributed by atoms with Gasteiger partial charge in [0.1, 0.15) is 5.69 Å². The number of nitrogens with zero attached hydrogens (tertiary/aromatic N) is 1. The zero-order valence-corrected chi connectivity index (χ0v) is 12.0. The monoisotopic (exact) mass is 347 g/mol. The van der Waals surface area contributed by atoms with Crippen molar-refractivity contribution < 1.29 is 36.2 Å². The minimum atomic E-state index is -5.14. The third kappa shape index (κ3) is 5.28. The van der Waals surface area contributed by atoms with E-state index in [-0.39, 0.29) is 17.7 Å². The Morgan fingerprint density at radius 3 is 2.45 bits per heavy atom. The fraction of sp³-hybridized carbons (Fsp3) is 0.500. The molecule has 22 heavy (non-hydrogen) atoms. The highest BCUT2D eigenvalue weighted by molar-refractivity contribution is 6.17. The van der Waals surface area contributed by atoms with Gasteiger partial charge in [-0.25, -0.2) is 13.8 Å². The number of carbonyl (C=O) groups is 1. The van der Waals surface area contributed by atoms with E-state index in [4.69, 9.17) is 11.6 Å². The number of aromatic nitrogens is 1. The van der Waals surface area contributed by atoms with Crippen molar-refractivity contribution in [3.8, 4) is 5.88 Å². The van der Waals surface area contributed by atoms with E-state index in [0.717, 1.165) is 6.07 Å². The lowest BCUT2D eigenvalue weighted by Gasteiger charge is -2.15. The molecule has 0 aliphatic carbocycles. The number of carbonyl (C=O) groups excluding carboxylic acids is 1. The van der Waals surface area contributed by atoms with Gasteiger partial charge in [0.15, 0.2) is 0 Å². The average Bonchev–Trinajstić information content (AvgIpc) is 2.38. The highest BCUT2D eigenvalue weighted by atomic mass is 35.5. The number of ether oxygens (including phenoxy) is 2. The Morgan fingerprint density at radius 1 is 1.36 bits per heavy atom. The van der Waals surface area contributed by atoms with Gasteiger partial charge < -0.3 is 9.47 Å². The molecule has 0 atom stereocenters. The molecule has 0 saturated heterocycles. The van der Waals surface area contributed by atoms with Gasteiger partial charge in [-0.2, -0.15) is 0 Å². The maximum Gasteiger partial charge on any atom is 0.574 e. The topological polar surface area (TPSA) is 48.4 Å². The largest absolute Gasteiger partial charge is 0.574 e. The molecule has 0 saturated carbocycles. The van der Waals surface area contributed by atoms with Crippen LogP contribution in [0.15, 0.2) is 6.07 Å². The Hall–Kier alpha value is -1.64. The lowest BCUT2D eigenvalue weighted by atomic mass is 10.1. The summed E-state index contributed by atoms with van der Waals surface area (Å²) in [7, 11) is 0. The van der Waals surface area contributed by atoms with E-state index in [9.17, 15) is 26.7 Å². The molecule has 0 fully saturated rings. The Bertz CT molecular complexity index is 536. The van der Waals surface area contributed by atoms with Crippen LogP contribution in [0.4, 0.5) is 22.0 Å². The Morgan fingerprint density at radius 2 is 2.00 bits per heavy atom. The van der Waals surface area contributed by atoms with Gasteiger partial charge in [-0.1, -0.05) is 0 Å². The van der Waals surface area contributed by atoms with Crippen LogP contribution in [-0.4, -0.2) is 23.9 Å². The first-order chi connectivity index (χ1) is 10.2. The molecule has 1 aromatic heterocycles. The van der Waals surface area contributed by atoms with Gasteiger partial charge in [0.05, 0.1) is 13.0 Å². The first-order valence-corrected chi connectivity index (χ1v) is 6.49. The number of hydrogen-bond acceptors (Lipinski definition) is 4. The Kier molecular flexibility index (Phi) is 6.34. The molecular weight excluding hydrogens is 337 g/mol. The quantitative estimate of drug-likeness (QED) is 0.446. The second kappa shape index (κ2) is 7.57. The lowest BCUT2D eigenvalue weighted by molar-refractivity contribution is -0.276. The second-order valence-electron chi connectivity index (χ2n) is 3.96. The molecule has 0 radical (unpaired) electrons. The maximum atomic E-state index is 12.8. The zero-order chi connectivity index (χ0) is 16.9. The molecule has 0 amide bonds. The summed E-state index contributed by atoms with van der Waals surface area (Å²) < 4.78 is 70.8. The average molecular weight is 348 g/mol. The summed E-state index contributed by atoms with van der Waals surface area (Å²) in [4.78, 5) is 14.5. The molecule has 0 unspecified atom stereocenters. The number of hydrogen-bond donors (Lipinski definition) is 0. The van der Waals surface area contributed by atoms with Crippen molar-refractivity contribution in [3.63, 3.8) is 0 Å². The van der Waals surface area contributed by atoms with Crippen LogP contribution in [0.25, 0.3) is 0 Å². The van der Waals surface area contributed by atoms with Crippen LogP contribution in [0.2, 0.25) is 0 Å². The number of rotatable bonds is 6. The van der Waals surface area contributed by atoms with Crippen molar-refractivity contribution in [1.82, 2.24) is 4.98 Å². The first-order valence-electron chi connectivity index (χ1n) is 5.96. The van der Waals surface area contributed by atoms with Crippen molar-refractivity contribution in [3.05, 3.63) is 22.9 Å². The van der Waals surface area contributed by atoms with Crippen molar-refractivity contribution in [1.29, 1.82) is 0 Å². The third-order valence-corrected chi connectivity index (χ3v) is 2.67. The molecule has 4 nitrogen and oxygen atoms in total. The van der Waals surface area contributed by atoms with Crippen molar-refractivity contribution in [2.45, 2.75) is 32.0 Å². The van der Waals surface area contributed by atoms with Gasteiger partial charge in [-0.15, -0.1) is 24.8 Å². The second-order valence-corrected chi connectivity index (χ2v) is 4.23. The van der Waals surface area contributed by atoms with E-state index in [0.29, 0.717) is 0 Å². The maximum absolute atomic E-state index is 12.8. The predicted octanol–water partition coefficient (Wildman–Crippen LogP) is 3.76. The fourth-order valence-electron chi connectivity index (χ4n) is 1.59. The van der Waals surface area contributed by atoms with Crippen LogP contribution in [-0.2, 0) is 21.8 Å². The molecule has 0 N–H and O–H groups in total. The SMILES string of the molecule is CCOC(=O)Cc1cc(CCl)c(C(F)F)nc1OC(F)(F)F. The molecule has 0 aromatic carbocycles. The van der Waals surface area contributed by atoms with Crippen molar-refractivity contribution in [2.75, 3.05) is 6.61 Å². The van der Waals surface area contributed by atoms with E-state index in [1.54, 1.807) is 0 Å². The summed E-state index contributed by atoms with van der Waals surface area (Å²) in [5.74, 6) is -2.37. The first kappa shape index (κ1) is 18.4. The van der Waals surface area contributed by atoms with Crippen LogP contribution in [0.5, 0.6) is 5.88 Å². The molecular formula is C12H11ClF5NO3. The molecule has 1 aromatic rings. The predicted molar refractivity (Wildman–Crippen MR) is 65.8 cm³/mol. The highest BCUT2D eigenvalue weighted by Gasteiger charge is 2.34. The Balaban J connectivity index is 3.28. The van der Waals surface area contributed by atoms with Gasteiger partial charge in [-0.3, -0.25) is 4.79 Å². The summed E-state index contributed by atoms with van der Waals surface area (Å²) in [6.07, 6.45) is -8.89. The van der Waals surface area contributed by atoms with Crippen molar-refractivity contribution >= 4 is 17.6 Å². The number of pyridine rings is 1. The summed E-state index contributed by atoms with van der Waals surface area (Å²) in [5.41, 5.74) is -1.46. The molecule has 0 bridgehead atoms. The standard InChI is InChI=1S/C12H11ClF5NO3/c1-2-21-8(20)4-6-3-7(5-13)9(10(14)15)19-11(6)22-12(16,17)18/h3,10H,2,4-5H2,1H3. The minimum Gasteiger partial charge on any atom is -0.466 e. The fourth-order valence-corrected chi connectivity index (χ4v) is 1.80. The smallest absolute Gasteiger partial charge is 0.466 e. The van der Waals surface area contributed by atoms with Crippen LogP contribution < -0.4 is 4.74 Å². The summed E-state index contributed by atoms with van der Waals surface area (Å²) in [6.45, 7) is 1.52. The number of esters is 1. The highest BCUT2D eigenvalue weighted by Crippen LogP contribution is 2.31. The molecule has 0 spiro atoms. The molecule has 10 heteroatoms. The van der Waals surface area contributed by atoms with Crippen molar-refractivity contribution in [2.24, 2.45) is 0 Å². The van der Waals surface area contributed by atoms with Crippen LogP contribution in [0, 0.1) is 0 Å². The van der Waals surface area contributed by atoms with E-state index in [1.807, 2.05) is 0 Å². The van der Waals surface area contributed by atoms with Gasteiger partial charge in [0.25, 0.3) is 6.43 Å². The molecule has 0 aliphatic rings. The summed E-state index contributed by atoms with van der Waals surface area (Å²) >= 11 is 5.48. The lowest BCUT2D eigenvalue weighted by Crippen LogP contribution is -2.21. The van der Waals surface area contributed by atoms with E-state index in [1.165, 1.54) is 6.92 Å². The molecule has 124 valence electrons. The van der Waals surface area contributed by atoms with Gasteiger partial charge in [0, 0.05) is 11.4 Å². The van der Waals surface area contributed by atoms with E-state index in [2.05, 4.69) is 14.5 Å². The van der Waals surface area contributed by atoms with E-state index < -0.39 is 42.6 Å². The van der Waals surface area contributed by atoms with Crippen LogP contribution in [0.3, 0.4) is 0 Å². The van der Waals surface area contributed by atoms with Gasteiger partial charge in [0.2, 0.25) is 5.88 Å². The van der Waals surface area contributed by atoms with Gasteiger partial charge in [-0.05, 0) is 18.6 Å². The molecule has 0 aliphatic heterocycles. The van der Waals surface area contributed by atoms with Gasteiger partial charge >= 0.3 is 12.3 Å². The summed E-state index contributed by atoms with van der Waals surface area (Å²) in [6, 6.07) is 0.930. The van der Waals surface area contributed by atoms with Crippen LogP contribution in [0.1, 0.15) is 30.2 Å².